The fourth-order valence-electron chi connectivity index (χ4n) is 4.69. The molecule has 3 rings (SSSR count). The van der Waals surface area contributed by atoms with Gasteiger partial charge in [0.15, 0.2) is 0 Å². The SMILES string of the molecule is CN(C)C(=O)c1ccc(CCCCC2CCN(C(=O)C(C)(C)c3ccccc3)CC2)cc1Cl. The Balaban J connectivity index is 1.41. The summed E-state index contributed by atoms with van der Waals surface area (Å²) in [5.74, 6) is 0.862. The van der Waals surface area contributed by atoms with E-state index in [0.29, 0.717) is 16.5 Å². The highest BCUT2D eigenvalue weighted by molar-refractivity contribution is 6.33. The number of piperidine rings is 1. The molecule has 2 aromatic rings. The van der Waals surface area contributed by atoms with Gasteiger partial charge in [-0.2, -0.15) is 0 Å². The van der Waals surface area contributed by atoms with E-state index in [9.17, 15) is 9.59 Å². The summed E-state index contributed by atoms with van der Waals surface area (Å²) in [6.45, 7) is 5.78. The summed E-state index contributed by atoms with van der Waals surface area (Å²) in [4.78, 5) is 28.9. The summed E-state index contributed by atoms with van der Waals surface area (Å²) in [5, 5.41) is 0.529. The van der Waals surface area contributed by atoms with Gasteiger partial charge in [0.1, 0.15) is 0 Å². The van der Waals surface area contributed by atoms with Crippen molar-refractivity contribution < 1.29 is 9.59 Å². The monoisotopic (exact) mass is 468 g/mol. The number of hydrogen-bond acceptors (Lipinski definition) is 2. The van der Waals surface area contributed by atoms with Crippen molar-refractivity contribution in [2.24, 2.45) is 5.92 Å². The Kier molecular flexibility index (Phi) is 8.58. The van der Waals surface area contributed by atoms with Crippen molar-refractivity contribution in [2.75, 3.05) is 27.2 Å². The van der Waals surface area contributed by atoms with Crippen molar-refractivity contribution in [1.82, 2.24) is 9.80 Å². The van der Waals surface area contributed by atoms with E-state index < -0.39 is 5.41 Å². The van der Waals surface area contributed by atoms with Crippen LogP contribution >= 0.6 is 11.6 Å². The van der Waals surface area contributed by atoms with Crippen LogP contribution < -0.4 is 0 Å². The number of nitrogens with zero attached hydrogens (tertiary/aromatic N) is 2. The molecule has 178 valence electrons. The molecule has 0 N–H and O–H groups in total. The molecule has 1 fully saturated rings. The number of likely N-dealkylation sites (tertiary alicyclic amines) is 1. The Hall–Kier alpha value is -2.33. The van der Waals surface area contributed by atoms with Crippen LogP contribution in [0.25, 0.3) is 0 Å². The fourth-order valence-corrected chi connectivity index (χ4v) is 4.97. The number of aryl methyl sites for hydroxylation is 1. The Morgan fingerprint density at radius 1 is 1.03 bits per heavy atom. The molecule has 0 unspecified atom stereocenters. The van der Waals surface area contributed by atoms with E-state index in [-0.39, 0.29) is 11.8 Å². The number of halogens is 1. The second-order valence-electron chi connectivity index (χ2n) is 9.99. The highest BCUT2D eigenvalue weighted by atomic mass is 35.5. The number of unbranched alkanes of at least 4 members (excludes halogenated alkanes) is 1. The van der Waals surface area contributed by atoms with Crippen molar-refractivity contribution >= 4 is 23.4 Å². The number of amides is 2. The second kappa shape index (κ2) is 11.2. The van der Waals surface area contributed by atoms with Gasteiger partial charge in [0.2, 0.25) is 5.91 Å². The van der Waals surface area contributed by atoms with E-state index in [2.05, 4.69) is 4.90 Å². The molecule has 2 aromatic carbocycles. The van der Waals surface area contributed by atoms with E-state index >= 15 is 0 Å². The van der Waals surface area contributed by atoms with Gasteiger partial charge in [0.25, 0.3) is 5.91 Å². The molecule has 4 nitrogen and oxygen atoms in total. The first-order valence-electron chi connectivity index (χ1n) is 12.0. The molecule has 1 aliphatic rings. The molecular formula is C28H37ClN2O2. The van der Waals surface area contributed by atoms with E-state index in [1.165, 1.54) is 18.4 Å². The van der Waals surface area contributed by atoms with Crippen molar-refractivity contribution in [3.8, 4) is 0 Å². The largest absolute Gasteiger partial charge is 0.345 e. The van der Waals surface area contributed by atoms with Crippen LogP contribution in [0.1, 0.15) is 67.4 Å². The van der Waals surface area contributed by atoms with Gasteiger partial charge in [-0.15, -0.1) is 0 Å². The normalized spacial score (nSPS) is 14.9. The molecule has 0 atom stereocenters. The lowest BCUT2D eigenvalue weighted by Gasteiger charge is -2.37. The van der Waals surface area contributed by atoms with Crippen LogP contribution in [0, 0.1) is 5.92 Å². The summed E-state index contributed by atoms with van der Waals surface area (Å²) >= 11 is 6.33. The third-order valence-electron chi connectivity index (χ3n) is 6.93. The fraction of sp³-hybridized carbons (Fsp3) is 0.500. The smallest absolute Gasteiger partial charge is 0.254 e. The van der Waals surface area contributed by atoms with Gasteiger partial charge in [0.05, 0.1) is 16.0 Å². The molecule has 0 bridgehead atoms. The molecule has 5 heteroatoms. The quantitative estimate of drug-likeness (QED) is 0.447. The zero-order chi connectivity index (χ0) is 24.0. The van der Waals surface area contributed by atoms with E-state index in [0.717, 1.165) is 44.3 Å². The lowest BCUT2D eigenvalue weighted by atomic mass is 9.82. The van der Waals surface area contributed by atoms with Gasteiger partial charge in [-0.25, -0.2) is 0 Å². The van der Waals surface area contributed by atoms with Crippen LogP contribution in [-0.4, -0.2) is 48.8 Å². The van der Waals surface area contributed by atoms with Crippen molar-refractivity contribution in [3.05, 3.63) is 70.2 Å². The first-order chi connectivity index (χ1) is 15.7. The van der Waals surface area contributed by atoms with Crippen LogP contribution in [0.15, 0.2) is 48.5 Å². The molecule has 0 radical (unpaired) electrons. The summed E-state index contributed by atoms with van der Waals surface area (Å²) < 4.78 is 0. The van der Waals surface area contributed by atoms with Crippen molar-refractivity contribution in [1.29, 1.82) is 0 Å². The van der Waals surface area contributed by atoms with Gasteiger partial charge in [0, 0.05) is 27.2 Å². The first-order valence-corrected chi connectivity index (χ1v) is 12.4. The summed E-state index contributed by atoms with van der Waals surface area (Å²) in [7, 11) is 3.47. The predicted octanol–water partition coefficient (Wildman–Crippen LogP) is 5.97. The zero-order valence-electron chi connectivity index (χ0n) is 20.4. The van der Waals surface area contributed by atoms with E-state index in [4.69, 9.17) is 11.6 Å². The van der Waals surface area contributed by atoms with Crippen LogP contribution in [0.3, 0.4) is 0 Å². The minimum atomic E-state index is -0.484. The standard InChI is InChI=1S/C28H37ClN2O2/c1-28(2,23-12-6-5-7-13-23)27(33)31-18-16-21(17-19-31)10-8-9-11-22-14-15-24(25(29)20-22)26(32)30(3)4/h5-7,12-15,20-21H,8-11,16-19H2,1-4H3. The maximum Gasteiger partial charge on any atom is 0.254 e. The molecule has 1 saturated heterocycles. The van der Waals surface area contributed by atoms with Gasteiger partial charge in [-0.3, -0.25) is 9.59 Å². The average molecular weight is 469 g/mol. The first kappa shape index (κ1) is 25.3. The highest BCUT2D eigenvalue weighted by Gasteiger charge is 2.35. The van der Waals surface area contributed by atoms with E-state index in [1.54, 1.807) is 19.0 Å². The minimum absolute atomic E-state index is 0.0662. The zero-order valence-corrected chi connectivity index (χ0v) is 21.2. The Bertz CT molecular complexity index is 948. The molecule has 0 saturated carbocycles. The van der Waals surface area contributed by atoms with Crippen LogP contribution in [0.5, 0.6) is 0 Å². The third kappa shape index (κ3) is 6.38. The van der Waals surface area contributed by atoms with Gasteiger partial charge in [-0.05, 0) is 68.7 Å². The second-order valence-corrected chi connectivity index (χ2v) is 10.4. The Morgan fingerprint density at radius 2 is 1.70 bits per heavy atom. The molecule has 0 aromatic heterocycles. The molecule has 0 spiro atoms. The molecule has 1 aliphatic heterocycles. The number of carbonyl (C=O) groups is 2. The van der Waals surface area contributed by atoms with Gasteiger partial charge < -0.3 is 9.80 Å². The van der Waals surface area contributed by atoms with Crippen molar-refractivity contribution in [2.45, 2.75) is 57.8 Å². The minimum Gasteiger partial charge on any atom is -0.345 e. The molecule has 0 aliphatic carbocycles. The average Bonchev–Trinajstić information content (AvgIpc) is 2.82. The van der Waals surface area contributed by atoms with Gasteiger partial charge >= 0.3 is 0 Å². The number of carbonyl (C=O) groups excluding carboxylic acids is 2. The maximum atomic E-state index is 13.2. The predicted molar refractivity (Wildman–Crippen MR) is 136 cm³/mol. The summed E-state index contributed by atoms with van der Waals surface area (Å²) in [6, 6.07) is 15.9. The number of rotatable bonds is 8. The molecular weight excluding hydrogens is 432 g/mol. The Morgan fingerprint density at radius 3 is 2.30 bits per heavy atom. The van der Waals surface area contributed by atoms with E-state index in [1.807, 2.05) is 62.4 Å². The van der Waals surface area contributed by atoms with Crippen LogP contribution in [0.4, 0.5) is 0 Å². The third-order valence-corrected chi connectivity index (χ3v) is 7.24. The van der Waals surface area contributed by atoms with Gasteiger partial charge in [-0.1, -0.05) is 60.8 Å². The van der Waals surface area contributed by atoms with Crippen LogP contribution in [-0.2, 0) is 16.6 Å². The molecule has 1 heterocycles. The lowest BCUT2D eigenvalue weighted by Crippen LogP contribution is -2.47. The number of benzene rings is 2. The molecule has 33 heavy (non-hydrogen) atoms. The lowest BCUT2D eigenvalue weighted by molar-refractivity contribution is -0.137. The highest BCUT2D eigenvalue weighted by Crippen LogP contribution is 2.30. The number of hydrogen-bond donors (Lipinski definition) is 0. The van der Waals surface area contributed by atoms with Crippen molar-refractivity contribution in [3.63, 3.8) is 0 Å². The Labute approximate surface area is 203 Å². The van der Waals surface area contributed by atoms with Crippen LogP contribution in [0.2, 0.25) is 5.02 Å². The topological polar surface area (TPSA) is 40.6 Å². The molecule has 2 amide bonds. The maximum absolute atomic E-state index is 13.2. The summed E-state index contributed by atoms with van der Waals surface area (Å²) in [5.41, 5.74) is 2.33. The summed E-state index contributed by atoms with van der Waals surface area (Å²) in [6.07, 6.45) is 6.63.